The average molecular weight is 259 g/mol. The van der Waals surface area contributed by atoms with Gasteiger partial charge in [0.15, 0.2) is 0 Å². The molecule has 0 aliphatic rings. The summed E-state index contributed by atoms with van der Waals surface area (Å²) in [4.78, 5) is 16.4. The second kappa shape index (κ2) is 5.03. The molecular weight excluding hydrogens is 238 g/mol. The Morgan fingerprint density at radius 1 is 1.26 bits per heavy atom. The van der Waals surface area contributed by atoms with Crippen LogP contribution in [0, 0.1) is 20.8 Å². The molecule has 0 saturated carbocycles. The number of imidazole rings is 1. The van der Waals surface area contributed by atoms with Gasteiger partial charge in [-0.05, 0) is 57.9 Å². The monoisotopic (exact) mass is 259 g/mol. The van der Waals surface area contributed by atoms with Gasteiger partial charge in [-0.1, -0.05) is 0 Å². The minimum Gasteiger partial charge on any atom is -0.352 e. The highest BCUT2D eigenvalue weighted by Gasteiger charge is 2.12. The van der Waals surface area contributed by atoms with Crippen molar-refractivity contribution in [3.8, 4) is 0 Å². The number of rotatable bonds is 3. The van der Waals surface area contributed by atoms with Crippen LogP contribution in [-0.4, -0.2) is 21.5 Å². The summed E-state index contributed by atoms with van der Waals surface area (Å²) in [7, 11) is 0. The van der Waals surface area contributed by atoms with Crippen molar-refractivity contribution in [1.82, 2.24) is 14.9 Å². The first-order valence-corrected chi connectivity index (χ1v) is 6.62. The van der Waals surface area contributed by atoms with E-state index in [2.05, 4.69) is 36.3 Å². The number of nitrogens with zero attached hydrogens (tertiary/aromatic N) is 2. The lowest BCUT2D eigenvalue weighted by atomic mass is 10.1. The Kier molecular flexibility index (Phi) is 3.60. The summed E-state index contributed by atoms with van der Waals surface area (Å²) in [6.07, 6.45) is 0. The lowest BCUT2D eigenvalue weighted by Gasteiger charge is -2.11. The molecule has 2 aromatic rings. The van der Waals surface area contributed by atoms with Crippen LogP contribution in [0.25, 0.3) is 11.0 Å². The highest BCUT2D eigenvalue weighted by atomic mass is 16.2. The Bertz CT molecular complexity index is 626. The van der Waals surface area contributed by atoms with Gasteiger partial charge in [-0.25, -0.2) is 4.98 Å². The maximum absolute atomic E-state index is 11.9. The second-order valence-electron chi connectivity index (χ2n) is 5.39. The number of amides is 1. The molecule has 0 aliphatic heterocycles. The fourth-order valence-corrected chi connectivity index (χ4v) is 2.21. The van der Waals surface area contributed by atoms with Crippen molar-refractivity contribution in [3.05, 3.63) is 29.1 Å². The van der Waals surface area contributed by atoms with Crippen LogP contribution in [-0.2, 0) is 11.3 Å². The third-order valence-corrected chi connectivity index (χ3v) is 3.31. The largest absolute Gasteiger partial charge is 0.352 e. The maximum atomic E-state index is 11.9. The fraction of sp³-hybridized carbons (Fsp3) is 0.467. The van der Waals surface area contributed by atoms with Crippen LogP contribution in [0.15, 0.2) is 12.1 Å². The van der Waals surface area contributed by atoms with Gasteiger partial charge in [0.1, 0.15) is 12.4 Å². The van der Waals surface area contributed by atoms with E-state index in [1.807, 2.05) is 25.3 Å². The lowest BCUT2D eigenvalue weighted by molar-refractivity contribution is -0.122. The fourth-order valence-electron chi connectivity index (χ4n) is 2.21. The first kappa shape index (κ1) is 13.6. The molecule has 0 unspecified atom stereocenters. The number of nitrogens with one attached hydrogen (secondary N) is 1. The van der Waals surface area contributed by atoms with Gasteiger partial charge in [-0.3, -0.25) is 4.79 Å². The molecule has 1 amide bonds. The molecule has 0 saturated heterocycles. The van der Waals surface area contributed by atoms with Gasteiger partial charge >= 0.3 is 0 Å². The van der Waals surface area contributed by atoms with Crippen LogP contribution in [0.5, 0.6) is 0 Å². The van der Waals surface area contributed by atoms with Crippen LogP contribution in [0.4, 0.5) is 0 Å². The number of hydrogen-bond acceptors (Lipinski definition) is 2. The summed E-state index contributed by atoms with van der Waals surface area (Å²) in [6, 6.07) is 4.34. The molecular formula is C15H21N3O. The molecule has 0 radical (unpaired) electrons. The van der Waals surface area contributed by atoms with Gasteiger partial charge in [0.2, 0.25) is 5.91 Å². The van der Waals surface area contributed by atoms with E-state index in [1.165, 1.54) is 11.1 Å². The summed E-state index contributed by atoms with van der Waals surface area (Å²) in [5.41, 5.74) is 4.43. The molecule has 102 valence electrons. The predicted molar refractivity (Wildman–Crippen MR) is 77.2 cm³/mol. The minimum atomic E-state index is 0.0237. The van der Waals surface area contributed by atoms with E-state index in [0.29, 0.717) is 6.54 Å². The van der Waals surface area contributed by atoms with Gasteiger partial charge in [0.05, 0.1) is 11.0 Å². The van der Waals surface area contributed by atoms with Gasteiger partial charge < -0.3 is 9.88 Å². The first-order chi connectivity index (χ1) is 8.88. The van der Waals surface area contributed by atoms with E-state index < -0.39 is 0 Å². The quantitative estimate of drug-likeness (QED) is 0.920. The van der Waals surface area contributed by atoms with E-state index >= 15 is 0 Å². The second-order valence-corrected chi connectivity index (χ2v) is 5.39. The molecule has 19 heavy (non-hydrogen) atoms. The summed E-state index contributed by atoms with van der Waals surface area (Å²) in [5, 5.41) is 2.91. The molecule has 1 heterocycles. The third-order valence-electron chi connectivity index (χ3n) is 3.31. The smallest absolute Gasteiger partial charge is 0.240 e. The number of hydrogen-bond donors (Lipinski definition) is 1. The topological polar surface area (TPSA) is 46.9 Å². The molecule has 1 N–H and O–H groups in total. The summed E-state index contributed by atoms with van der Waals surface area (Å²) in [6.45, 7) is 10.3. The molecule has 0 atom stereocenters. The zero-order valence-electron chi connectivity index (χ0n) is 12.2. The first-order valence-electron chi connectivity index (χ1n) is 6.62. The van der Waals surface area contributed by atoms with E-state index in [1.54, 1.807) is 0 Å². The zero-order valence-corrected chi connectivity index (χ0v) is 12.2. The standard InChI is InChI=1S/C15H21N3O/c1-9(2)16-15(19)8-18-12(5)17-13-6-10(3)11(4)7-14(13)18/h6-7,9H,8H2,1-5H3,(H,16,19). The van der Waals surface area contributed by atoms with Crippen molar-refractivity contribution in [1.29, 1.82) is 0 Å². The Labute approximate surface area is 113 Å². The number of aryl methyl sites for hydroxylation is 3. The minimum absolute atomic E-state index is 0.0237. The van der Waals surface area contributed by atoms with Crippen LogP contribution >= 0.6 is 0 Å². The summed E-state index contributed by atoms with van der Waals surface area (Å²) in [5.74, 6) is 0.898. The number of fused-ring (bicyclic) bond motifs is 1. The molecule has 4 nitrogen and oxygen atoms in total. The zero-order chi connectivity index (χ0) is 14.2. The number of carbonyl (C=O) groups excluding carboxylic acids is 1. The molecule has 0 aliphatic carbocycles. The normalized spacial score (nSPS) is 11.3. The van der Waals surface area contributed by atoms with Crippen molar-refractivity contribution in [2.24, 2.45) is 0 Å². The Balaban J connectivity index is 2.40. The Hall–Kier alpha value is -1.84. The van der Waals surface area contributed by atoms with Crippen molar-refractivity contribution in [3.63, 3.8) is 0 Å². The predicted octanol–water partition coefficient (Wildman–Crippen LogP) is 2.49. The van der Waals surface area contributed by atoms with Crippen molar-refractivity contribution in [2.45, 2.75) is 47.2 Å². The molecule has 2 rings (SSSR count). The number of aromatic nitrogens is 2. The average Bonchev–Trinajstić information content (AvgIpc) is 2.56. The Morgan fingerprint density at radius 2 is 1.89 bits per heavy atom. The van der Waals surface area contributed by atoms with Crippen molar-refractivity contribution >= 4 is 16.9 Å². The van der Waals surface area contributed by atoms with Crippen LogP contribution in [0.3, 0.4) is 0 Å². The van der Waals surface area contributed by atoms with E-state index in [4.69, 9.17) is 0 Å². The molecule has 0 bridgehead atoms. The van der Waals surface area contributed by atoms with Crippen molar-refractivity contribution in [2.75, 3.05) is 0 Å². The summed E-state index contributed by atoms with van der Waals surface area (Å²) < 4.78 is 1.97. The maximum Gasteiger partial charge on any atom is 0.240 e. The molecule has 0 spiro atoms. The number of carbonyl (C=O) groups is 1. The molecule has 1 aromatic carbocycles. The van der Waals surface area contributed by atoms with Crippen LogP contribution in [0.2, 0.25) is 0 Å². The van der Waals surface area contributed by atoms with Crippen LogP contribution in [0.1, 0.15) is 30.8 Å². The van der Waals surface area contributed by atoms with E-state index in [9.17, 15) is 4.79 Å². The van der Waals surface area contributed by atoms with Gasteiger partial charge in [0.25, 0.3) is 0 Å². The lowest BCUT2D eigenvalue weighted by Crippen LogP contribution is -2.33. The third kappa shape index (κ3) is 2.78. The van der Waals surface area contributed by atoms with Gasteiger partial charge in [-0.15, -0.1) is 0 Å². The molecule has 4 heteroatoms. The number of benzene rings is 1. The van der Waals surface area contributed by atoms with E-state index in [-0.39, 0.29) is 11.9 Å². The summed E-state index contributed by atoms with van der Waals surface area (Å²) >= 11 is 0. The van der Waals surface area contributed by atoms with Crippen molar-refractivity contribution < 1.29 is 4.79 Å². The SMILES string of the molecule is Cc1cc2nc(C)n(CC(=O)NC(C)C)c2cc1C. The molecule has 1 aromatic heterocycles. The molecule has 0 fully saturated rings. The Morgan fingerprint density at radius 3 is 2.53 bits per heavy atom. The van der Waals surface area contributed by atoms with Gasteiger partial charge in [-0.2, -0.15) is 0 Å². The van der Waals surface area contributed by atoms with Gasteiger partial charge in [0, 0.05) is 6.04 Å². The van der Waals surface area contributed by atoms with Crippen LogP contribution < -0.4 is 5.32 Å². The van der Waals surface area contributed by atoms with E-state index in [0.717, 1.165) is 16.9 Å². The highest BCUT2D eigenvalue weighted by Crippen LogP contribution is 2.20. The highest BCUT2D eigenvalue weighted by molar-refractivity contribution is 5.82.